The van der Waals surface area contributed by atoms with Gasteiger partial charge in [-0.2, -0.15) is 11.8 Å². The first-order valence-corrected chi connectivity index (χ1v) is 7.74. The molecular weight excluding hydrogens is 289 g/mol. The van der Waals surface area contributed by atoms with Gasteiger partial charge in [0.2, 0.25) is 0 Å². The van der Waals surface area contributed by atoms with Crippen molar-refractivity contribution in [3.8, 4) is 11.8 Å². The minimum absolute atomic E-state index is 0.0268. The van der Waals surface area contributed by atoms with E-state index in [1.807, 2.05) is 11.8 Å². The second-order valence-electron chi connectivity index (χ2n) is 5.49. The van der Waals surface area contributed by atoms with Crippen molar-refractivity contribution in [1.82, 2.24) is 4.90 Å². The van der Waals surface area contributed by atoms with Gasteiger partial charge in [0.1, 0.15) is 12.4 Å². The second kappa shape index (κ2) is 6.50. The van der Waals surface area contributed by atoms with Crippen LogP contribution in [0.5, 0.6) is 0 Å². The van der Waals surface area contributed by atoms with E-state index in [1.165, 1.54) is 12.1 Å². The summed E-state index contributed by atoms with van der Waals surface area (Å²) in [6, 6.07) is 4.29. The van der Waals surface area contributed by atoms with Crippen LogP contribution in [-0.2, 0) is 0 Å². The first-order chi connectivity index (χ1) is 9.93. The molecule has 1 aromatic rings. The Morgan fingerprint density at radius 2 is 2.29 bits per heavy atom. The maximum Gasteiger partial charge on any atom is 0.254 e. The molecule has 1 saturated heterocycles. The first-order valence-electron chi connectivity index (χ1n) is 6.75. The predicted octanol–water partition coefficient (Wildman–Crippen LogP) is 2.14. The lowest BCUT2D eigenvalue weighted by atomic mass is 10.1. The van der Waals surface area contributed by atoms with E-state index in [-0.39, 0.29) is 22.8 Å². The third kappa shape index (κ3) is 3.99. The van der Waals surface area contributed by atoms with Gasteiger partial charge in [0, 0.05) is 29.2 Å². The molecule has 112 valence electrons. The van der Waals surface area contributed by atoms with Crippen LogP contribution in [0.25, 0.3) is 0 Å². The average molecular weight is 307 g/mol. The molecule has 1 aliphatic heterocycles. The molecule has 21 heavy (non-hydrogen) atoms. The molecule has 0 bridgehead atoms. The molecule has 0 unspecified atom stereocenters. The predicted molar refractivity (Wildman–Crippen MR) is 82.8 cm³/mol. The van der Waals surface area contributed by atoms with Crippen LogP contribution in [-0.4, -0.2) is 46.1 Å². The fourth-order valence-electron chi connectivity index (χ4n) is 2.26. The maximum atomic E-state index is 13.9. The van der Waals surface area contributed by atoms with E-state index in [0.717, 1.165) is 5.75 Å². The summed E-state index contributed by atoms with van der Waals surface area (Å²) in [4.78, 5) is 14.2. The monoisotopic (exact) mass is 307 g/mol. The van der Waals surface area contributed by atoms with E-state index in [2.05, 4.69) is 25.7 Å². The van der Waals surface area contributed by atoms with Crippen molar-refractivity contribution in [2.75, 3.05) is 25.4 Å². The molecule has 0 atom stereocenters. The van der Waals surface area contributed by atoms with E-state index >= 15 is 0 Å². The Labute approximate surface area is 128 Å². The minimum Gasteiger partial charge on any atom is -0.384 e. The molecule has 1 fully saturated rings. The number of aliphatic hydroxyl groups excluding tert-OH is 1. The summed E-state index contributed by atoms with van der Waals surface area (Å²) >= 11 is 1.84. The molecule has 1 aromatic carbocycles. The number of thioether (sulfide) groups is 1. The van der Waals surface area contributed by atoms with Crippen molar-refractivity contribution < 1.29 is 14.3 Å². The molecule has 0 aromatic heterocycles. The van der Waals surface area contributed by atoms with Gasteiger partial charge in [0.15, 0.2) is 0 Å². The van der Waals surface area contributed by atoms with Crippen molar-refractivity contribution in [1.29, 1.82) is 0 Å². The van der Waals surface area contributed by atoms with Crippen molar-refractivity contribution in [2.24, 2.45) is 0 Å². The Kier molecular flexibility index (Phi) is 4.92. The fraction of sp³-hybridized carbons (Fsp3) is 0.438. The summed E-state index contributed by atoms with van der Waals surface area (Å²) in [5.41, 5.74) is 0.528. The number of carbonyl (C=O) groups excluding carboxylic acids is 1. The van der Waals surface area contributed by atoms with Gasteiger partial charge < -0.3 is 10.0 Å². The van der Waals surface area contributed by atoms with E-state index in [4.69, 9.17) is 5.11 Å². The number of nitrogens with zero attached hydrogens (tertiary/aromatic N) is 1. The molecule has 1 N–H and O–H groups in total. The fourth-order valence-corrected chi connectivity index (χ4v) is 3.37. The normalized spacial score (nSPS) is 17.0. The highest BCUT2D eigenvalue weighted by atomic mass is 32.2. The van der Waals surface area contributed by atoms with Crippen LogP contribution in [0.2, 0.25) is 0 Å². The van der Waals surface area contributed by atoms with Gasteiger partial charge in [0.25, 0.3) is 5.91 Å². The van der Waals surface area contributed by atoms with E-state index in [9.17, 15) is 9.18 Å². The van der Waals surface area contributed by atoms with Gasteiger partial charge in [-0.25, -0.2) is 4.39 Å². The lowest BCUT2D eigenvalue weighted by Crippen LogP contribution is -2.46. The molecule has 0 radical (unpaired) electrons. The number of hydrogen-bond acceptors (Lipinski definition) is 3. The lowest BCUT2D eigenvalue weighted by Gasteiger charge is -2.37. The molecule has 2 rings (SSSR count). The summed E-state index contributed by atoms with van der Waals surface area (Å²) in [7, 11) is 0. The number of aliphatic hydroxyl groups is 1. The standard InChI is InChI=1S/C16H18FNO2S/c1-16(2)11-18(7-9-21-16)15(20)13-6-5-12(4-3-8-19)14(17)10-13/h5-6,10,19H,7-9,11H2,1-2H3. The zero-order chi connectivity index (χ0) is 15.5. The number of benzene rings is 1. The first kappa shape index (κ1) is 15.9. The highest BCUT2D eigenvalue weighted by Crippen LogP contribution is 2.30. The molecule has 1 heterocycles. The molecule has 3 nitrogen and oxygen atoms in total. The molecule has 0 aliphatic carbocycles. The van der Waals surface area contributed by atoms with Crippen LogP contribution in [0.4, 0.5) is 4.39 Å². The topological polar surface area (TPSA) is 40.5 Å². The Hall–Kier alpha value is -1.51. The summed E-state index contributed by atoms with van der Waals surface area (Å²) < 4.78 is 13.9. The Morgan fingerprint density at radius 1 is 1.52 bits per heavy atom. The Bertz CT molecular complexity index is 604. The number of halogens is 1. The summed E-state index contributed by atoms with van der Waals surface area (Å²) in [5.74, 6) is 5.12. The highest BCUT2D eigenvalue weighted by molar-refractivity contribution is 8.00. The van der Waals surface area contributed by atoms with Crippen LogP contribution >= 0.6 is 11.8 Å². The van der Waals surface area contributed by atoms with Crippen molar-refractivity contribution >= 4 is 17.7 Å². The number of amides is 1. The largest absolute Gasteiger partial charge is 0.384 e. The van der Waals surface area contributed by atoms with Gasteiger partial charge in [0.05, 0.1) is 5.56 Å². The lowest BCUT2D eigenvalue weighted by molar-refractivity contribution is 0.0747. The van der Waals surface area contributed by atoms with Crippen molar-refractivity contribution in [3.05, 3.63) is 35.1 Å². The van der Waals surface area contributed by atoms with Gasteiger partial charge in [-0.05, 0) is 32.0 Å². The molecule has 1 amide bonds. The van der Waals surface area contributed by atoms with Gasteiger partial charge in [-0.1, -0.05) is 11.8 Å². The van der Waals surface area contributed by atoms with Crippen LogP contribution < -0.4 is 0 Å². The zero-order valence-electron chi connectivity index (χ0n) is 12.1. The Balaban J connectivity index is 2.18. The van der Waals surface area contributed by atoms with Gasteiger partial charge in [-0.15, -0.1) is 0 Å². The van der Waals surface area contributed by atoms with Crippen LogP contribution in [0.15, 0.2) is 18.2 Å². The van der Waals surface area contributed by atoms with E-state index in [0.29, 0.717) is 18.7 Å². The Morgan fingerprint density at radius 3 is 2.90 bits per heavy atom. The molecule has 5 heteroatoms. The average Bonchev–Trinajstić information content (AvgIpc) is 2.44. The van der Waals surface area contributed by atoms with Gasteiger partial charge in [-0.3, -0.25) is 4.79 Å². The SMILES string of the molecule is CC1(C)CN(C(=O)c2ccc(C#CCO)c(F)c2)CCS1. The maximum absolute atomic E-state index is 13.9. The number of rotatable bonds is 1. The van der Waals surface area contributed by atoms with Crippen LogP contribution in [0.3, 0.4) is 0 Å². The molecular formula is C16H18FNO2S. The number of hydrogen-bond donors (Lipinski definition) is 1. The highest BCUT2D eigenvalue weighted by Gasteiger charge is 2.30. The van der Waals surface area contributed by atoms with E-state index < -0.39 is 5.82 Å². The smallest absolute Gasteiger partial charge is 0.254 e. The minimum atomic E-state index is -0.535. The van der Waals surface area contributed by atoms with Crippen LogP contribution in [0.1, 0.15) is 29.8 Å². The summed E-state index contributed by atoms with van der Waals surface area (Å²) in [6.07, 6.45) is 0. The molecule has 0 saturated carbocycles. The number of carbonyl (C=O) groups is 1. The zero-order valence-corrected chi connectivity index (χ0v) is 13.0. The second-order valence-corrected chi connectivity index (χ2v) is 7.29. The third-order valence-corrected chi connectivity index (χ3v) is 4.53. The van der Waals surface area contributed by atoms with Crippen molar-refractivity contribution in [2.45, 2.75) is 18.6 Å². The molecule has 0 spiro atoms. The van der Waals surface area contributed by atoms with Crippen molar-refractivity contribution in [3.63, 3.8) is 0 Å². The summed E-state index contributed by atoms with van der Waals surface area (Å²) in [5, 5.41) is 8.62. The van der Waals surface area contributed by atoms with Crippen LogP contribution in [0, 0.1) is 17.7 Å². The quantitative estimate of drug-likeness (QED) is 0.808. The third-order valence-electron chi connectivity index (χ3n) is 3.23. The molecule has 1 aliphatic rings. The van der Waals surface area contributed by atoms with E-state index in [1.54, 1.807) is 11.0 Å². The van der Waals surface area contributed by atoms with Gasteiger partial charge >= 0.3 is 0 Å². The summed E-state index contributed by atoms with van der Waals surface area (Å²) in [6.45, 7) is 5.22.